The normalized spacial score (nSPS) is 17.7. The first-order chi connectivity index (χ1) is 9.59. The van der Waals surface area contributed by atoms with E-state index in [-0.39, 0.29) is 16.6 Å². The Morgan fingerprint density at radius 3 is 2.90 bits per heavy atom. The molecule has 1 unspecified atom stereocenters. The van der Waals surface area contributed by atoms with Crippen LogP contribution in [0, 0.1) is 0 Å². The Morgan fingerprint density at radius 1 is 1.50 bits per heavy atom. The van der Waals surface area contributed by atoms with E-state index in [0.717, 1.165) is 13.1 Å². The number of amides is 1. The summed E-state index contributed by atoms with van der Waals surface area (Å²) >= 11 is 5.70. The molecule has 110 valence electrons. The number of pyridine rings is 1. The van der Waals surface area contributed by atoms with Gasteiger partial charge in [0.15, 0.2) is 0 Å². The summed E-state index contributed by atoms with van der Waals surface area (Å²) < 4.78 is 5.28. The Hall–Kier alpha value is -1.37. The van der Waals surface area contributed by atoms with Crippen molar-refractivity contribution >= 4 is 17.5 Å². The Labute approximate surface area is 122 Å². The number of H-pyrrole nitrogens is 1. The monoisotopic (exact) mass is 299 g/mol. The zero-order chi connectivity index (χ0) is 14.5. The molecule has 20 heavy (non-hydrogen) atoms. The number of morpholine rings is 1. The van der Waals surface area contributed by atoms with Gasteiger partial charge in [0.05, 0.1) is 13.2 Å². The Kier molecular flexibility index (Phi) is 5.17. The predicted molar refractivity (Wildman–Crippen MR) is 76.3 cm³/mol. The summed E-state index contributed by atoms with van der Waals surface area (Å²) in [6, 6.07) is 0.195. The smallest absolute Gasteiger partial charge is 0.256 e. The minimum Gasteiger partial charge on any atom is -0.379 e. The summed E-state index contributed by atoms with van der Waals surface area (Å²) in [6.45, 7) is 5.65. The number of aromatic nitrogens is 1. The minimum atomic E-state index is -0.457. The highest BCUT2D eigenvalue weighted by Gasteiger charge is 2.18. The van der Waals surface area contributed by atoms with Gasteiger partial charge in [-0.2, -0.15) is 0 Å². The molecule has 1 aliphatic heterocycles. The van der Waals surface area contributed by atoms with Gasteiger partial charge in [0.1, 0.15) is 10.6 Å². The van der Waals surface area contributed by atoms with Crippen LogP contribution < -0.4 is 10.7 Å². The van der Waals surface area contributed by atoms with Crippen molar-refractivity contribution in [3.8, 4) is 0 Å². The first-order valence-electron chi connectivity index (χ1n) is 6.56. The molecule has 1 fully saturated rings. The van der Waals surface area contributed by atoms with Crippen LogP contribution in [-0.2, 0) is 4.74 Å². The molecule has 0 bridgehead atoms. The van der Waals surface area contributed by atoms with Crippen LogP contribution in [0.4, 0.5) is 0 Å². The summed E-state index contributed by atoms with van der Waals surface area (Å²) in [7, 11) is 0. The molecule has 1 aromatic rings. The van der Waals surface area contributed by atoms with Gasteiger partial charge in [0.2, 0.25) is 5.43 Å². The van der Waals surface area contributed by atoms with Crippen LogP contribution in [0.2, 0.25) is 5.02 Å². The molecule has 0 radical (unpaired) electrons. The second kappa shape index (κ2) is 6.88. The lowest BCUT2D eigenvalue weighted by Gasteiger charge is -2.32. The van der Waals surface area contributed by atoms with E-state index in [0.29, 0.717) is 19.8 Å². The highest BCUT2D eigenvalue weighted by molar-refractivity contribution is 6.30. The molecule has 0 spiro atoms. The zero-order valence-electron chi connectivity index (χ0n) is 11.3. The minimum absolute atomic E-state index is 0.0128. The fourth-order valence-corrected chi connectivity index (χ4v) is 2.27. The number of rotatable bonds is 4. The van der Waals surface area contributed by atoms with Gasteiger partial charge < -0.3 is 15.0 Å². The standard InChI is InChI=1S/C13H18ClN3O3/c1-9(17-2-4-20-5-3-17)6-16-13(19)10-7-15-8-11(14)12(10)18/h7-9H,2-6H2,1H3,(H,15,18)(H,16,19). The summed E-state index contributed by atoms with van der Waals surface area (Å²) in [5.74, 6) is -0.408. The first-order valence-corrected chi connectivity index (χ1v) is 6.94. The third-order valence-electron chi connectivity index (χ3n) is 3.37. The average Bonchev–Trinajstić information content (AvgIpc) is 2.48. The number of carbonyl (C=O) groups is 1. The van der Waals surface area contributed by atoms with Crippen molar-refractivity contribution in [1.82, 2.24) is 15.2 Å². The van der Waals surface area contributed by atoms with Crippen molar-refractivity contribution < 1.29 is 9.53 Å². The van der Waals surface area contributed by atoms with E-state index in [1.807, 2.05) is 6.92 Å². The van der Waals surface area contributed by atoms with Crippen LogP contribution in [0.25, 0.3) is 0 Å². The molecule has 1 atom stereocenters. The Balaban J connectivity index is 1.91. The molecule has 1 amide bonds. The third-order valence-corrected chi connectivity index (χ3v) is 3.65. The molecule has 2 heterocycles. The number of halogens is 1. The van der Waals surface area contributed by atoms with E-state index in [4.69, 9.17) is 16.3 Å². The molecular formula is C13H18ClN3O3. The average molecular weight is 300 g/mol. The lowest BCUT2D eigenvalue weighted by molar-refractivity contribution is 0.0204. The van der Waals surface area contributed by atoms with Crippen molar-refractivity contribution in [2.24, 2.45) is 0 Å². The maximum Gasteiger partial charge on any atom is 0.256 e. The lowest BCUT2D eigenvalue weighted by atomic mass is 10.2. The van der Waals surface area contributed by atoms with Gasteiger partial charge in [-0.3, -0.25) is 14.5 Å². The Morgan fingerprint density at radius 2 is 2.20 bits per heavy atom. The number of nitrogens with zero attached hydrogens (tertiary/aromatic N) is 1. The molecule has 2 rings (SSSR count). The predicted octanol–water partition coefficient (Wildman–Crippen LogP) is 0.479. The fourth-order valence-electron chi connectivity index (χ4n) is 2.11. The van der Waals surface area contributed by atoms with Crippen LogP contribution in [0.5, 0.6) is 0 Å². The van der Waals surface area contributed by atoms with Gasteiger partial charge in [-0.1, -0.05) is 11.6 Å². The van der Waals surface area contributed by atoms with Gasteiger partial charge >= 0.3 is 0 Å². The molecule has 0 aromatic carbocycles. The summed E-state index contributed by atoms with van der Waals surface area (Å²) in [5, 5.41) is 2.78. The van der Waals surface area contributed by atoms with E-state index in [1.165, 1.54) is 12.4 Å². The van der Waals surface area contributed by atoms with Gasteiger partial charge in [0.25, 0.3) is 5.91 Å². The molecule has 6 nitrogen and oxygen atoms in total. The van der Waals surface area contributed by atoms with Crippen molar-refractivity contribution in [3.63, 3.8) is 0 Å². The van der Waals surface area contributed by atoms with Crippen molar-refractivity contribution in [3.05, 3.63) is 33.2 Å². The quantitative estimate of drug-likeness (QED) is 0.848. The summed E-state index contributed by atoms with van der Waals surface area (Å²) in [6.07, 6.45) is 2.72. The van der Waals surface area contributed by atoms with Crippen molar-refractivity contribution in [2.45, 2.75) is 13.0 Å². The van der Waals surface area contributed by atoms with Gasteiger partial charge in [0, 0.05) is 38.1 Å². The topological polar surface area (TPSA) is 74.4 Å². The first kappa shape index (κ1) is 15.0. The molecule has 1 aliphatic rings. The number of hydrogen-bond donors (Lipinski definition) is 2. The lowest BCUT2D eigenvalue weighted by Crippen LogP contribution is -2.47. The number of hydrogen-bond acceptors (Lipinski definition) is 4. The number of ether oxygens (including phenoxy) is 1. The van der Waals surface area contributed by atoms with Gasteiger partial charge in [-0.15, -0.1) is 0 Å². The third kappa shape index (κ3) is 3.59. The van der Waals surface area contributed by atoms with Crippen LogP contribution in [0.1, 0.15) is 17.3 Å². The van der Waals surface area contributed by atoms with E-state index in [9.17, 15) is 9.59 Å². The van der Waals surface area contributed by atoms with Crippen LogP contribution in [-0.4, -0.2) is 54.7 Å². The molecule has 0 aliphatic carbocycles. The van der Waals surface area contributed by atoms with Crippen LogP contribution >= 0.6 is 11.6 Å². The number of aromatic amines is 1. The van der Waals surface area contributed by atoms with Crippen LogP contribution in [0.15, 0.2) is 17.2 Å². The van der Waals surface area contributed by atoms with Crippen molar-refractivity contribution in [1.29, 1.82) is 0 Å². The van der Waals surface area contributed by atoms with Crippen LogP contribution in [0.3, 0.4) is 0 Å². The molecule has 7 heteroatoms. The van der Waals surface area contributed by atoms with Gasteiger partial charge in [-0.05, 0) is 6.92 Å². The van der Waals surface area contributed by atoms with E-state index >= 15 is 0 Å². The largest absolute Gasteiger partial charge is 0.379 e. The molecule has 0 saturated carbocycles. The Bertz CT molecular complexity index is 526. The number of nitrogens with one attached hydrogen (secondary N) is 2. The molecule has 1 saturated heterocycles. The highest BCUT2D eigenvalue weighted by atomic mass is 35.5. The van der Waals surface area contributed by atoms with Gasteiger partial charge in [-0.25, -0.2) is 0 Å². The van der Waals surface area contributed by atoms with Crippen molar-refractivity contribution in [2.75, 3.05) is 32.8 Å². The summed E-state index contributed by atoms with van der Waals surface area (Å²) in [5.41, 5.74) is -0.423. The SMILES string of the molecule is CC(CNC(=O)c1c[nH]cc(Cl)c1=O)N1CCOCC1. The van der Waals surface area contributed by atoms with E-state index < -0.39 is 11.3 Å². The maximum atomic E-state index is 12.0. The maximum absolute atomic E-state index is 12.0. The summed E-state index contributed by atoms with van der Waals surface area (Å²) in [4.78, 5) is 28.6. The zero-order valence-corrected chi connectivity index (χ0v) is 12.1. The molecular weight excluding hydrogens is 282 g/mol. The molecule has 2 N–H and O–H groups in total. The van der Waals surface area contributed by atoms with E-state index in [1.54, 1.807) is 0 Å². The fraction of sp³-hybridized carbons (Fsp3) is 0.538. The van der Waals surface area contributed by atoms with E-state index in [2.05, 4.69) is 15.2 Å². The molecule has 1 aromatic heterocycles. The second-order valence-electron chi connectivity index (χ2n) is 4.75. The number of carbonyl (C=O) groups excluding carboxylic acids is 1. The second-order valence-corrected chi connectivity index (χ2v) is 5.16. The highest BCUT2D eigenvalue weighted by Crippen LogP contribution is 2.03.